The van der Waals surface area contributed by atoms with Gasteiger partial charge < -0.3 is 29.9 Å². The largest absolute Gasteiger partial charge is 0.465 e. The van der Waals surface area contributed by atoms with Crippen LogP contribution < -0.4 is 5.73 Å². The molecule has 2 saturated heterocycles. The molecule has 2 fully saturated rings. The van der Waals surface area contributed by atoms with Gasteiger partial charge in [-0.3, -0.25) is 0 Å². The number of likely N-dealkylation sites (tertiary alicyclic amines) is 1. The predicted molar refractivity (Wildman–Crippen MR) is 119 cm³/mol. The van der Waals surface area contributed by atoms with Crippen LogP contribution in [0.15, 0.2) is 24.3 Å². The monoisotopic (exact) mass is 432 g/mol. The highest BCUT2D eigenvalue weighted by molar-refractivity contribution is 5.89. The van der Waals surface area contributed by atoms with Gasteiger partial charge in [0.25, 0.3) is 0 Å². The quantitative estimate of drug-likeness (QED) is 0.600. The number of methoxy groups -OCH3 is 2. The summed E-state index contributed by atoms with van der Waals surface area (Å²) in [4.78, 5) is 31.4. The zero-order valence-corrected chi connectivity index (χ0v) is 19.0. The average molecular weight is 433 g/mol. The van der Waals surface area contributed by atoms with E-state index < -0.39 is 0 Å². The Kier molecular flexibility index (Phi) is 8.28. The first-order valence-electron chi connectivity index (χ1n) is 11.2. The van der Waals surface area contributed by atoms with Crippen molar-refractivity contribution in [2.24, 2.45) is 5.73 Å². The van der Waals surface area contributed by atoms with Crippen molar-refractivity contribution in [1.29, 1.82) is 0 Å². The highest BCUT2D eigenvalue weighted by Gasteiger charge is 2.42. The van der Waals surface area contributed by atoms with Crippen molar-refractivity contribution in [2.45, 2.75) is 50.9 Å². The molecule has 2 aliphatic rings. The number of amides is 2. The fraction of sp³-hybridized carbons (Fsp3) is 0.652. The number of rotatable bonds is 9. The van der Waals surface area contributed by atoms with Crippen LogP contribution in [-0.4, -0.2) is 91.8 Å². The topological polar surface area (TPSA) is 88.3 Å². The van der Waals surface area contributed by atoms with Crippen LogP contribution in [0.1, 0.15) is 42.1 Å². The van der Waals surface area contributed by atoms with Crippen LogP contribution in [0.3, 0.4) is 0 Å². The van der Waals surface area contributed by atoms with Crippen LogP contribution >= 0.6 is 0 Å². The third-order valence-electron chi connectivity index (χ3n) is 6.52. The van der Waals surface area contributed by atoms with Crippen LogP contribution in [0, 0.1) is 0 Å². The number of urea groups is 1. The van der Waals surface area contributed by atoms with Crippen LogP contribution in [0.25, 0.3) is 0 Å². The second-order valence-electron chi connectivity index (χ2n) is 8.56. The molecule has 0 aliphatic carbocycles. The summed E-state index contributed by atoms with van der Waals surface area (Å²) >= 11 is 0. The standard InChI is InChI=1S/C23H36N4O4/c1-17(8-11-24)25-12-9-20(10-13-25)27-21(16-30-2)15-26(23(27)29)14-18-4-6-19(7-5-18)22(28)31-3/h4-7,17,20-21H,8-16,24H2,1-3H3/t17?,21-/m0/s1. The van der Waals surface area contributed by atoms with E-state index in [1.807, 2.05) is 17.0 Å². The highest BCUT2D eigenvalue weighted by atomic mass is 16.5. The molecule has 1 aromatic rings. The maximum atomic E-state index is 13.3. The summed E-state index contributed by atoms with van der Waals surface area (Å²) in [5, 5.41) is 0. The van der Waals surface area contributed by atoms with Gasteiger partial charge in [-0.2, -0.15) is 0 Å². The fourth-order valence-corrected chi connectivity index (χ4v) is 4.76. The molecule has 8 heteroatoms. The maximum absolute atomic E-state index is 13.3. The summed E-state index contributed by atoms with van der Waals surface area (Å²) in [6.07, 6.45) is 2.95. The summed E-state index contributed by atoms with van der Waals surface area (Å²) in [7, 11) is 3.06. The number of piperidine rings is 1. The molecule has 0 aromatic heterocycles. The fourth-order valence-electron chi connectivity index (χ4n) is 4.76. The van der Waals surface area contributed by atoms with Crippen LogP contribution in [-0.2, 0) is 16.0 Å². The summed E-state index contributed by atoms with van der Waals surface area (Å²) < 4.78 is 10.2. The minimum absolute atomic E-state index is 0.0601. The molecule has 3 rings (SSSR count). The summed E-state index contributed by atoms with van der Waals surface area (Å²) in [6.45, 7) is 6.62. The van der Waals surface area contributed by atoms with E-state index in [9.17, 15) is 9.59 Å². The molecule has 2 amide bonds. The Hall–Kier alpha value is -2.16. The molecule has 0 spiro atoms. The third-order valence-corrected chi connectivity index (χ3v) is 6.52. The molecular weight excluding hydrogens is 396 g/mol. The number of esters is 1. The first-order valence-corrected chi connectivity index (χ1v) is 11.2. The summed E-state index contributed by atoms with van der Waals surface area (Å²) in [6, 6.07) is 8.10. The second-order valence-corrected chi connectivity index (χ2v) is 8.56. The first kappa shape index (κ1) is 23.5. The van der Waals surface area contributed by atoms with Crippen molar-refractivity contribution in [3.63, 3.8) is 0 Å². The Morgan fingerprint density at radius 2 is 1.87 bits per heavy atom. The Morgan fingerprint density at radius 1 is 1.19 bits per heavy atom. The molecule has 0 radical (unpaired) electrons. The van der Waals surface area contributed by atoms with Gasteiger partial charge in [0.1, 0.15) is 0 Å². The molecule has 2 N–H and O–H groups in total. The summed E-state index contributed by atoms with van der Waals surface area (Å²) in [5.41, 5.74) is 7.22. The average Bonchev–Trinajstić information content (AvgIpc) is 3.09. The number of ether oxygens (including phenoxy) is 2. The number of benzene rings is 1. The van der Waals surface area contributed by atoms with Gasteiger partial charge in [0.05, 0.1) is 25.3 Å². The zero-order chi connectivity index (χ0) is 22.4. The molecule has 0 saturated carbocycles. The number of nitrogens with zero attached hydrogens (tertiary/aromatic N) is 3. The van der Waals surface area contributed by atoms with Crippen molar-refractivity contribution >= 4 is 12.0 Å². The Labute approximate surface area is 185 Å². The van der Waals surface area contributed by atoms with Crippen molar-refractivity contribution in [3.8, 4) is 0 Å². The molecule has 0 bridgehead atoms. The normalized spacial score (nSPS) is 21.5. The number of carbonyl (C=O) groups is 2. The smallest absolute Gasteiger partial charge is 0.337 e. The van der Waals surface area contributed by atoms with Gasteiger partial charge in [0.2, 0.25) is 0 Å². The third kappa shape index (κ3) is 5.56. The van der Waals surface area contributed by atoms with E-state index >= 15 is 0 Å². The number of hydrogen-bond donors (Lipinski definition) is 1. The van der Waals surface area contributed by atoms with Crippen molar-refractivity contribution in [3.05, 3.63) is 35.4 Å². The summed E-state index contributed by atoms with van der Waals surface area (Å²) in [5.74, 6) is -0.359. The van der Waals surface area contributed by atoms with E-state index in [1.54, 1.807) is 19.2 Å². The minimum Gasteiger partial charge on any atom is -0.465 e. The van der Waals surface area contributed by atoms with Gasteiger partial charge in [-0.25, -0.2) is 9.59 Å². The van der Waals surface area contributed by atoms with E-state index in [4.69, 9.17) is 15.2 Å². The van der Waals surface area contributed by atoms with Crippen LogP contribution in [0.2, 0.25) is 0 Å². The highest BCUT2D eigenvalue weighted by Crippen LogP contribution is 2.28. The van der Waals surface area contributed by atoms with Gasteiger partial charge in [-0.15, -0.1) is 0 Å². The van der Waals surface area contributed by atoms with Crippen LogP contribution in [0.4, 0.5) is 4.79 Å². The number of hydrogen-bond acceptors (Lipinski definition) is 6. The number of carbonyl (C=O) groups excluding carboxylic acids is 2. The van der Waals surface area contributed by atoms with Crippen molar-refractivity contribution in [2.75, 3.05) is 47.0 Å². The Bertz CT molecular complexity index is 734. The van der Waals surface area contributed by atoms with Gasteiger partial charge >= 0.3 is 12.0 Å². The molecule has 31 heavy (non-hydrogen) atoms. The molecule has 2 heterocycles. The molecule has 2 atom stereocenters. The van der Waals surface area contributed by atoms with Gasteiger partial charge in [-0.1, -0.05) is 12.1 Å². The zero-order valence-electron chi connectivity index (χ0n) is 19.0. The lowest BCUT2D eigenvalue weighted by atomic mass is 10.00. The predicted octanol–water partition coefficient (Wildman–Crippen LogP) is 1.93. The van der Waals surface area contributed by atoms with Crippen LogP contribution in [0.5, 0.6) is 0 Å². The maximum Gasteiger partial charge on any atom is 0.337 e. The van der Waals surface area contributed by atoms with Gasteiger partial charge in [0.15, 0.2) is 0 Å². The van der Waals surface area contributed by atoms with Gasteiger partial charge in [-0.05, 0) is 50.4 Å². The molecule has 1 unspecified atom stereocenters. The van der Waals surface area contributed by atoms with Gasteiger partial charge in [0, 0.05) is 45.4 Å². The minimum atomic E-state index is -0.359. The molecule has 8 nitrogen and oxygen atoms in total. The molecule has 172 valence electrons. The SMILES string of the molecule is COC[C@@H]1CN(Cc2ccc(C(=O)OC)cc2)C(=O)N1C1CCN(C(C)CCN)CC1. The van der Waals surface area contributed by atoms with E-state index in [0.717, 1.165) is 37.9 Å². The lowest BCUT2D eigenvalue weighted by Gasteiger charge is -2.40. The second kappa shape index (κ2) is 10.9. The van der Waals surface area contributed by atoms with Crippen molar-refractivity contribution in [1.82, 2.24) is 14.7 Å². The first-order chi connectivity index (χ1) is 15.0. The Morgan fingerprint density at radius 3 is 2.45 bits per heavy atom. The lowest BCUT2D eigenvalue weighted by molar-refractivity contribution is 0.0600. The molecule has 2 aliphatic heterocycles. The number of nitrogens with two attached hydrogens (primary N) is 1. The molecular formula is C23H36N4O4. The van der Waals surface area contributed by atoms with E-state index in [2.05, 4.69) is 16.7 Å². The van der Waals surface area contributed by atoms with E-state index in [1.165, 1.54) is 7.11 Å². The lowest BCUT2D eigenvalue weighted by Crippen LogP contribution is -2.51. The Balaban J connectivity index is 1.64. The van der Waals surface area contributed by atoms with E-state index in [0.29, 0.717) is 37.8 Å². The molecule has 1 aromatic carbocycles. The van der Waals surface area contributed by atoms with Crippen molar-refractivity contribution < 1.29 is 19.1 Å². The van der Waals surface area contributed by atoms with E-state index in [-0.39, 0.29) is 24.1 Å².